The number of rotatable bonds is 9. The summed E-state index contributed by atoms with van der Waals surface area (Å²) >= 11 is 0. The third-order valence-electron chi connectivity index (χ3n) is 1.72. The maximum absolute atomic E-state index is 9.39. The predicted octanol–water partition coefficient (Wildman–Crippen LogP) is 0.561. The smallest absolute Gasteiger partial charge is 0.105 e. The molecule has 0 amide bonds. The van der Waals surface area contributed by atoms with Gasteiger partial charge in [-0.25, -0.2) is 0 Å². The van der Waals surface area contributed by atoms with Crippen LogP contribution in [0.15, 0.2) is 0 Å². The predicted molar refractivity (Wildman–Crippen MR) is 54.2 cm³/mol. The Morgan fingerprint density at radius 2 is 1.21 bits per heavy atom. The van der Waals surface area contributed by atoms with E-state index in [9.17, 15) is 10.2 Å². The number of ether oxygens (including phenoxy) is 2. The molecule has 0 radical (unpaired) electrons. The van der Waals surface area contributed by atoms with Gasteiger partial charge in [0.05, 0.1) is 13.2 Å². The second-order valence-electron chi connectivity index (χ2n) is 3.28. The Labute approximate surface area is 85.8 Å². The Balaban J connectivity index is 3.39. The van der Waals surface area contributed by atoms with Gasteiger partial charge in [0, 0.05) is 13.2 Å². The highest BCUT2D eigenvalue weighted by Crippen LogP contribution is 1.97. The van der Waals surface area contributed by atoms with Crippen molar-refractivity contribution in [2.45, 2.75) is 38.9 Å². The minimum Gasteiger partial charge on any atom is -0.388 e. The molecule has 0 rings (SSSR count). The lowest BCUT2D eigenvalue weighted by atomic mass is 10.2. The number of aliphatic hydroxyl groups excluding tert-OH is 2. The van der Waals surface area contributed by atoms with Gasteiger partial charge in [0.15, 0.2) is 0 Å². The van der Waals surface area contributed by atoms with E-state index in [2.05, 4.69) is 0 Å². The molecule has 2 unspecified atom stereocenters. The molecule has 0 aromatic heterocycles. The minimum atomic E-state index is -0.849. The first kappa shape index (κ1) is 13.8. The standard InChI is InChI=1S/C10H22O4/c1-3-5-13-7-9(11)10(12)8-14-6-4-2/h9-12H,3-8H2,1-2H3. The van der Waals surface area contributed by atoms with Crippen LogP contribution >= 0.6 is 0 Å². The van der Waals surface area contributed by atoms with E-state index in [0.717, 1.165) is 12.8 Å². The molecule has 86 valence electrons. The normalized spacial score (nSPS) is 15.4. The molecule has 0 heterocycles. The van der Waals surface area contributed by atoms with Crippen LogP contribution in [0.25, 0.3) is 0 Å². The lowest BCUT2D eigenvalue weighted by Gasteiger charge is -2.17. The Kier molecular flexibility index (Phi) is 9.29. The second-order valence-corrected chi connectivity index (χ2v) is 3.28. The van der Waals surface area contributed by atoms with Crippen LogP contribution in [0.1, 0.15) is 26.7 Å². The quantitative estimate of drug-likeness (QED) is 0.541. The van der Waals surface area contributed by atoms with Crippen molar-refractivity contribution in [3.05, 3.63) is 0 Å². The van der Waals surface area contributed by atoms with Crippen molar-refractivity contribution in [3.63, 3.8) is 0 Å². The first-order chi connectivity index (χ1) is 6.72. The van der Waals surface area contributed by atoms with E-state index in [1.807, 2.05) is 13.8 Å². The topological polar surface area (TPSA) is 58.9 Å². The van der Waals surface area contributed by atoms with Gasteiger partial charge < -0.3 is 19.7 Å². The van der Waals surface area contributed by atoms with Gasteiger partial charge in [0.1, 0.15) is 12.2 Å². The van der Waals surface area contributed by atoms with Gasteiger partial charge in [-0.15, -0.1) is 0 Å². The average Bonchev–Trinajstić information content (AvgIpc) is 2.18. The molecule has 2 atom stereocenters. The van der Waals surface area contributed by atoms with Crippen LogP contribution in [0.2, 0.25) is 0 Å². The fourth-order valence-electron chi connectivity index (χ4n) is 0.919. The highest BCUT2D eigenvalue weighted by Gasteiger charge is 2.15. The van der Waals surface area contributed by atoms with Crippen LogP contribution in [0, 0.1) is 0 Å². The van der Waals surface area contributed by atoms with Crippen molar-refractivity contribution >= 4 is 0 Å². The zero-order valence-electron chi connectivity index (χ0n) is 9.11. The summed E-state index contributed by atoms with van der Waals surface area (Å²) in [7, 11) is 0. The second kappa shape index (κ2) is 9.40. The van der Waals surface area contributed by atoms with E-state index in [1.165, 1.54) is 0 Å². The molecule has 0 spiro atoms. The van der Waals surface area contributed by atoms with Gasteiger partial charge in [0.2, 0.25) is 0 Å². The lowest BCUT2D eigenvalue weighted by molar-refractivity contribution is -0.0703. The summed E-state index contributed by atoms with van der Waals surface area (Å²) in [5.41, 5.74) is 0. The Bertz CT molecular complexity index is 105. The van der Waals surface area contributed by atoms with Crippen LogP contribution in [0.4, 0.5) is 0 Å². The maximum atomic E-state index is 9.39. The van der Waals surface area contributed by atoms with Gasteiger partial charge in [-0.2, -0.15) is 0 Å². The first-order valence-electron chi connectivity index (χ1n) is 5.24. The molecule has 0 aliphatic carbocycles. The summed E-state index contributed by atoms with van der Waals surface area (Å²) in [6.45, 7) is 5.55. The summed E-state index contributed by atoms with van der Waals surface area (Å²) in [4.78, 5) is 0. The highest BCUT2D eigenvalue weighted by molar-refractivity contribution is 4.65. The van der Waals surface area contributed by atoms with E-state index < -0.39 is 12.2 Å². The van der Waals surface area contributed by atoms with Crippen molar-refractivity contribution in [2.24, 2.45) is 0 Å². The third-order valence-corrected chi connectivity index (χ3v) is 1.72. The molecule has 0 fully saturated rings. The Morgan fingerprint density at radius 3 is 1.50 bits per heavy atom. The van der Waals surface area contributed by atoms with Gasteiger partial charge in [0.25, 0.3) is 0 Å². The number of hydrogen-bond donors (Lipinski definition) is 2. The number of aliphatic hydroxyl groups is 2. The number of hydrogen-bond acceptors (Lipinski definition) is 4. The SMILES string of the molecule is CCCOCC(O)C(O)COCCC. The molecule has 0 aliphatic heterocycles. The van der Waals surface area contributed by atoms with E-state index in [0.29, 0.717) is 13.2 Å². The molecule has 0 saturated heterocycles. The molecule has 0 bridgehead atoms. The highest BCUT2D eigenvalue weighted by atomic mass is 16.5. The van der Waals surface area contributed by atoms with Crippen molar-refractivity contribution in [1.82, 2.24) is 0 Å². The molecule has 14 heavy (non-hydrogen) atoms. The van der Waals surface area contributed by atoms with Crippen LogP contribution in [-0.2, 0) is 9.47 Å². The Hall–Kier alpha value is -0.160. The van der Waals surface area contributed by atoms with Gasteiger partial charge in [-0.1, -0.05) is 13.8 Å². The molecular weight excluding hydrogens is 184 g/mol. The van der Waals surface area contributed by atoms with Crippen molar-refractivity contribution in [1.29, 1.82) is 0 Å². The molecule has 4 heteroatoms. The molecule has 0 aromatic rings. The van der Waals surface area contributed by atoms with E-state index in [4.69, 9.17) is 9.47 Å². The Morgan fingerprint density at radius 1 is 0.857 bits per heavy atom. The minimum absolute atomic E-state index is 0.171. The molecular formula is C10H22O4. The molecule has 0 aliphatic rings. The first-order valence-corrected chi connectivity index (χ1v) is 5.24. The van der Waals surface area contributed by atoms with Crippen LogP contribution in [-0.4, -0.2) is 48.8 Å². The fraction of sp³-hybridized carbons (Fsp3) is 1.00. The lowest BCUT2D eigenvalue weighted by Crippen LogP contribution is -2.34. The van der Waals surface area contributed by atoms with Gasteiger partial charge in [-0.05, 0) is 12.8 Å². The fourth-order valence-corrected chi connectivity index (χ4v) is 0.919. The van der Waals surface area contributed by atoms with Crippen molar-refractivity contribution in [3.8, 4) is 0 Å². The average molecular weight is 206 g/mol. The third kappa shape index (κ3) is 7.26. The summed E-state index contributed by atoms with van der Waals surface area (Å²) < 4.78 is 10.2. The maximum Gasteiger partial charge on any atom is 0.105 e. The van der Waals surface area contributed by atoms with Crippen LogP contribution in [0.3, 0.4) is 0 Å². The van der Waals surface area contributed by atoms with E-state index >= 15 is 0 Å². The summed E-state index contributed by atoms with van der Waals surface area (Å²) in [5, 5.41) is 18.8. The zero-order chi connectivity index (χ0) is 10.8. The summed E-state index contributed by atoms with van der Waals surface area (Å²) in [6, 6.07) is 0. The van der Waals surface area contributed by atoms with Crippen LogP contribution in [0.5, 0.6) is 0 Å². The van der Waals surface area contributed by atoms with E-state index in [1.54, 1.807) is 0 Å². The van der Waals surface area contributed by atoms with E-state index in [-0.39, 0.29) is 13.2 Å². The largest absolute Gasteiger partial charge is 0.388 e. The van der Waals surface area contributed by atoms with Crippen molar-refractivity contribution < 1.29 is 19.7 Å². The van der Waals surface area contributed by atoms with Gasteiger partial charge >= 0.3 is 0 Å². The van der Waals surface area contributed by atoms with Crippen molar-refractivity contribution in [2.75, 3.05) is 26.4 Å². The molecule has 4 nitrogen and oxygen atoms in total. The van der Waals surface area contributed by atoms with Crippen LogP contribution < -0.4 is 0 Å². The molecule has 0 saturated carbocycles. The monoisotopic (exact) mass is 206 g/mol. The molecule has 2 N–H and O–H groups in total. The molecule has 0 aromatic carbocycles. The summed E-state index contributed by atoms with van der Waals surface area (Å²) in [5.74, 6) is 0. The summed E-state index contributed by atoms with van der Waals surface area (Å²) in [6.07, 6.45) is 0.126. The zero-order valence-corrected chi connectivity index (χ0v) is 9.11. The van der Waals surface area contributed by atoms with Gasteiger partial charge in [-0.3, -0.25) is 0 Å².